The van der Waals surface area contributed by atoms with E-state index in [1.54, 1.807) is 0 Å². The second-order valence-corrected chi connectivity index (χ2v) is 4.36. The quantitative estimate of drug-likeness (QED) is 0.750. The first kappa shape index (κ1) is 14.9. The van der Waals surface area contributed by atoms with E-state index in [1.807, 2.05) is 13.8 Å². The fourth-order valence-electron chi connectivity index (χ4n) is 1.51. The number of carbonyl (C=O) groups is 2. The average molecular weight is 268 g/mol. The molecule has 104 valence electrons. The van der Waals surface area contributed by atoms with Crippen LogP contribution in [0.25, 0.3) is 0 Å². The minimum Gasteiger partial charge on any atom is -0.507 e. The van der Waals surface area contributed by atoms with Gasteiger partial charge in [0.1, 0.15) is 17.1 Å². The lowest BCUT2D eigenvalue weighted by molar-refractivity contribution is -0.121. The molecule has 1 aromatic carbocycles. The Balaban J connectivity index is 2.50. The number of aromatic hydroxyl groups is 1. The van der Waals surface area contributed by atoms with Crippen LogP contribution in [-0.4, -0.2) is 29.5 Å². The van der Waals surface area contributed by atoms with Gasteiger partial charge in [0.15, 0.2) is 0 Å². The molecule has 0 fully saturated rings. The highest BCUT2D eigenvalue weighted by atomic mass is 19.1. The van der Waals surface area contributed by atoms with E-state index in [2.05, 4.69) is 10.6 Å². The maximum absolute atomic E-state index is 13.4. The number of nitrogens with one attached hydrogen (secondary N) is 2. The molecule has 0 aliphatic carbocycles. The van der Waals surface area contributed by atoms with Crippen molar-refractivity contribution in [1.29, 1.82) is 0 Å². The summed E-state index contributed by atoms with van der Waals surface area (Å²) in [5, 5.41) is 14.5. The standard InChI is InChI=1S/C13H17FN2O3/c1-8(2)16-11(18)6-7-15-13(19)12-9(14)4-3-5-10(12)17/h3-5,8,17H,6-7H2,1-2H3,(H,15,19)(H,16,18). The molecule has 0 unspecified atom stereocenters. The number of halogens is 1. The van der Waals surface area contributed by atoms with Gasteiger partial charge in [0.25, 0.3) is 5.91 Å². The van der Waals surface area contributed by atoms with Crippen LogP contribution in [0.4, 0.5) is 4.39 Å². The summed E-state index contributed by atoms with van der Waals surface area (Å²) in [6.07, 6.45) is 0.0964. The molecule has 0 aromatic heterocycles. The predicted molar refractivity (Wildman–Crippen MR) is 68.3 cm³/mol. The highest BCUT2D eigenvalue weighted by molar-refractivity contribution is 5.97. The number of phenolic OH excluding ortho intramolecular Hbond substituents is 1. The molecule has 3 N–H and O–H groups in total. The van der Waals surface area contributed by atoms with Crippen molar-refractivity contribution < 1.29 is 19.1 Å². The molecule has 1 aromatic rings. The van der Waals surface area contributed by atoms with Gasteiger partial charge in [-0.2, -0.15) is 0 Å². The van der Waals surface area contributed by atoms with Gasteiger partial charge < -0.3 is 15.7 Å². The molecule has 1 rings (SSSR count). The Labute approximate surface area is 110 Å². The first-order valence-electron chi connectivity index (χ1n) is 5.97. The lowest BCUT2D eigenvalue weighted by Gasteiger charge is -2.09. The number of carbonyl (C=O) groups excluding carboxylic acids is 2. The fraction of sp³-hybridized carbons (Fsp3) is 0.385. The molecule has 0 saturated carbocycles. The maximum atomic E-state index is 13.4. The highest BCUT2D eigenvalue weighted by Gasteiger charge is 2.16. The van der Waals surface area contributed by atoms with Crippen LogP contribution in [0.1, 0.15) is 30.6 Å². The van der Waals surface area contributed by atoms with E-state index < -0.39 is 23.0 Å². The zero-order valence-corrected chi connectivity index (χ0v) is 10.9. The summed E-state index contributed by atoms with van der Waals surface area (Å²) < 4.78 is 13.4. The Bertz CT molecular complexity index is 455. The van der Waals surface area contributed by atoms with Crippen molar-refractivity contribution in [3.05, 3.63) is 29.6 Å². The van der Waals surface area contributed by atoms with Crippen LogP contribution in [-0.2, 0) is 4.79 Å². The Morgan fingerprint density at radius 3 is 2.63 bits per heavy atom. The summed E-state index contributed by atoms with van der Waals surface area (Å²) in [6.45, 7) is 3.73. The zero-order chi connectivity index (χ0) is 14.4. The van der Waals surface area contributed by atoms with Crippen molar-refractivity contribution in [2.75, 3.05) is 6.54 Å². The molecule has 2 amide bonds. The highest BCUT2D eigenvalue weighted by Crippen LogP contribution is 2.19. The normalized spacial score (nSPS) is 10.3. The van der Waals surface area contributed by atoms with Crippen molar-refractivity contribution in [3.8, 4) is 5.75 Å². The third kappa shape index (κ3) is 4.57. The molecule has 0 radical (unpaired) electrons. The minimum atomic E-state index is -0.802. The summed E-state index contributed by atoms with van der Waals surface area (Å²) in [5.41, 5.74) is -0.410. The second kappa shape index (κ2) is 6.72. The van der Waals surface area contributed by atoms with Crippen molar-refractivity contribution in [1.82, 2.24) is 10.6 Å². The van der Waals surface area contributed by atoms with Crippen LogP contribution in [0, 0.1) is 5.82 Å². The molecule has 0 aliphatic heterocycles. The minimum absolute atomic E-state index is 0.0267. The van der Waals surface area contributed by atoms with Gasteiger partial charge in [0, 0.05) is 19.0 Å². The zero-order valence-electron chi connectivity index (χ0n) is 10.9. The van der Waals surface area contributed by atoms with E-state index in [-0.39, 0.29) is 24.9 Å². The Morgan fingerprint density at radius 2 is 2.05 bits per heavy atom. The second-order valence-electron chi connectivity index (χ2n) is 4.36. The van der Waals surface area contributed by atoms with Crippen molar-refractivity contribution in [3.63, 3.8) is 0 Å². The van der Waals surface area contributed by atoms with Crippen LogP contribution < -0.4 is 10.6 Å². The summed E-state index contributed by atoms with van der Waals surface area (Å²) >= 11 is 0. The largest absolute Gasteiger partial charge is 0.507 e. The molecular weight excluding hydrogens is 251 g/mol. The monoisotopic (exact) mass is 268 g/mol. The van der Waals surface area contributed by atoms with Gasteiger partial charge in [-0.25, -0.2) is 4.39 Å². The van der Waals surface area contributed by atoms with Gasteiger partial charge in [0.05, 0.1) is 0 Å². The van der Waals surface area contributed by atoms with Crippen molar-refractivity contribution in [2.24, 2.45) is 0 Å². The predicted octanol–water partition coefficient (Wildman–Crippen LogP) is 1.18. The average Bonchev–Trinajstić information content (AvgIpc) is 2.27. The molecule has 0 spiro atoms. The topological polar surface area (TPSA) is 78.4 Å². The van der Waals surface area contributed by atoms with Crippen LogP contribution in [0.15, 0.2) is 18.2 Å². The van der Waals surface area contributed by atoms with Crippen LogP contribution >= 0.6 is 0 Å². The first-order chi connectivity index (χ1) is 8.91. The Hall–Kier alpha value is -2.11. The van der Waals surface area contributed by atoms with E-state index in [4.69, 9.17) is 0 Å². The first-order valence-corrected chi connectivity index (χ1v) is 5.97. The van der Waals surface area contributed by atoms with Crippen molar-refractivity contribution >= 4 is 11.8 Å². The molecule has 0 aliphatic rings. The van der Waals surface area contributed by atoms with Crippen molar-refractivity contribution in [2.45, 2.75) is 26.3 Å². The van der Waals surface area contributed by atoms with Gasteiger partial charge in [-0.15, -0.1) is 0 Å². The smallest absolute Gasteiger partial charge is 0.258 e. The van der Waals surface area contributed by atoms with E-state index in [0.29, 0.717) is 0 Å². The molecule has 0 atom stereocenters. The molecule has 0 saturated heterocycles. The fourth-order valence-corrected chi connectivity index (χ4v) is 1.51. The van der Waals surface area contributed by atoms with Crippen LogP contribution in [0.3, 0.4) is 0 Å². The number of amides is 2. The lowest BCUT2D eigenvalue weighted by atomic mass is 10.1. The van der Waals surface area contributed by atoms with Crippen LogP contribution in [0.2, 0.25) is 0 Å². The Kier molecular flexibility index (Phi) is 5.29. The third-order valence-corrected chi connectivity index (χ3v) is 2.31. The van der Waals surface area contributed by atoms with Gasteiger partial charge in [0.2, 0.25) is 5.91 Å². The lowest BCUT2D eigenvalue weighted by Crippen LogP contribution is -2.34. The van der Waals surface area contributed by atoms with Gasteiger partial charge in [-0.3, -0.25) is 9.59 Å². The summed E-state index contributed by atoms with van der Waals surface area (Å²) in [6, 6.07) is 3.64. The van der Waals surface area contributed by atoms with E-state index >= 15 is 0 Å². The molecule has 0 bridgehead atoms. The van der Waals surface area contributed by atoms with E-state index in [1.165, 1.54) is 12.1 Å². The molecule has 0 heterocycles. The number of rotatable bonds is 5. The molecule has 19 heavy (non-hydrogen) atoms. The third-order valence-electron chi connectivity index (χ3n) is 2.31. The Morgan fingerprint density at radius 1 is 1.37 bits per heavy atom. The van der Waals surface area contributed by atoms with Gasteiger partial charge >= 0.3 is 0 Å². The van der Waals surface area contributed by atoms with Crippen LogP contribution in [0.5, 0.6) is 5.75 Å². The van der Waals surface area contributed by atoms with Gasteiger partial charge in [-0.1, -0.05) is 6.07 Å². The summed E-state index contributed by atoms with van der Waals surface area (Å²) in [5.74, 6) is -2.17. The number of hydrogen-bond donors (Lipinski definition) is 3. The number of benzene rings is 1. The number of phenols is 1. The van der Waals surface area contributed by atoms with E-state index in [9.17, 15) is 19.1 Å². The molecular formula is C13H17FN2O3. The van der Waals surface area contributed by atoms with E-state index in [0.717, 1.165) is 6.07 Å². The van der Waals surface area contributed by atoms with Gasteiger partial charge in [-0.05, 0) is 26.0 Å². The molecule has 6 heteroatoms. The molecule has 5 nitrogen and oxygen atoms in total. The summed E-state index contributed by atoms with van der Waals surface area (Å²) in [7, 11) is 0. The maximum Gasteiger partial charge on any atom is 0.258 e. The summed E-state index contributed by atoms with van der Waals surface area (Å²) in [4.78, 5) is 23.0. The number of hydrogen-bond acceptors (Lipinski definition) is 3. The SMILES string of the molecule is CC(C)NC(=O)CCNC(=O)c1c(O)cccc1F.